The van der Waals surface area contributed by atoms with Crippen LogP contribution in [0.5, 0.6) is 5.75 Å². The highest BCUT2D eigenvalue weighted by Gasteiger charge is 2.31. The Balaban J connectivity index is 2.60. The van der Waals surface area contributed by atoms with Crippen LogP contribution in [0.25, 0.3) is 0 Å². The second kappa shape index (κ2) is 5.02. The van der Waals surface area contributed by atoms with E-state index in [1.807, 2.05) is 20.8 Å². The molecule has 0 unspecified atom stereocenters. The number of hydrogen-bond donors (Lipinski definition) is 1. The van der Waals surface area contributed by atoms with Gasteiger partial charge in [-0.15, -0.1) is 0 Å². The molecule has 1 N–H and O–H groups in total. The first-order valence-electron chi connectivity index (χ1n) is 6.07. The van der Waals surface area contributed by atoms with Gasteiger partial charge >= 0.3 is 0 Å². The Morgan fingerprint density at radius 3 is 2.28 bits per heavy atom. The van der Waals surface area contributed by atoms with E-state index in [4.69, 9.17) is 4.74 Å². The smallest absolute Gasteiger partial charge is 0.172 e. The standard InChI is InChI=1S/C14H18BrNO2/c1-7-8(2)14(18-4)11(9(3)12(7)15)13(17)10-5-16-6-10/h10,16H,5-6H2,1-4H3. The van der Waals surface area contributed by atoms with Gasteiger partial charge in [-0.3, -0.25) is 4.79 Å². The third-order valence-corrected chi connectivity index (χ3v) is 4.96. The van der Waals surface area contributed by atoms with Crippen molar-refractivity contribution in [2.45, 2.75) is 20.8 Å². The fourth-order valence-electron chi connectivity index (χ4n) is 2.31. The van der Waals surface area contributed by atoms with Crippen molar-refractivity contribution in [3.05, 3.63) is 26.7 Å². The van der Waals surface area contributed by atoms with E-state index >= 15 is 0 Å². The predicted molar refractivity (Wildman–Crippen MR) is 75.6 cm³/mol. The van der Waals surface area contributed by atoms with Gasteiger partial charge in [0.2, 0.25) is 0 Å². The average Bonchev–Trinajstić information content (AvgIpc) is 2.28. The van der Waals surface area contributed by atoms with Crippen molar-refractivity contribution in [2.24, 2.45) is 5.92 Å². The van der Waals surface area contributed by atoms with Gasteiger partial charge in [-0.05, 0) is 37.5 Å². The maximum atomic E-state index is 12.5. The van der Waals surface area contributed by atoms with Gasteiger partial charge in [-0.2, -0.15) is 0 Å². The maximum absolute atomic E-state index is 12.5. The fraction of sp³-hybridized carbons (Fsp3) is 0.500. The molecule has 0 spiro atoms. The van der Waals surface area contributed by atoms with Gasteiger partial charge in [0.05, 0.1) is 12.7 Å². The van der Waals surface area contributed by atoms with Gasteiger partial charge in [0.15, 0.2) is 5.78 Å². The van der Waals surface area contributed by atoms with Crippen LogP contribution in [0.3, 0.4) is 0 Å². The summed E-state index contributed by atoms with van der Waals surface area (Å²) < 4.78 is 6.48. The summed E-state index contributed by atoms with van der Waals surface area (Å²) in [7, 11) is 1.63. The van der Waals surface area contributed by atoms with E-state index in [0.717, 1.165) is 45.6 Å². The van der Waals surface area contributed by atoms with Crippen LogP contribution in [0.1, 0.15) is 27.0 Å². The van der Waals surface area contributed by atoms with Gasteiger partial charge < -0.3 is 10.1 Å². The molecule has 0 amide bonds. The molecule has 2 rings (SSSR count). The topological polar surface area (TPSA) is 38.3 Å². The second-order valence-electron chi connectivity index (χ2n) is 4.82. The number of Topliss-reactive ketones (excluding diaryl/α,β-unsaturated/α-hetero) is 1. The Kier molecular flexibility index (Phi) is 3.78. The summed E-state index contributed by atoms with van der Waals surface area (Å²) in [5, 5.41) is 3.14. The summed E-state index contributed by atoms with van der Waals surface area (Å²) in [6.07, 6.45) is 0. The Labute approximate surface area is 116 Å². The minimum atomic E-state index is 0.0895. The van der Waals surface area contributed by atoms with E-state index in [0.29, 0.717) is 0 Å². The lowest BCUT2D eigenvalue weighted by Crippen LogP contribution is -2.46. The normalized spacial score (nSPS) is 15.4. The van der Waals surface area contributed by atoms with E-state index < -0.39 is 0 Å². The van der Waals surface area contributed by atoms with E-state index in [9.17, 15) is 4.79 Å². The molecule has 4 heteroatoms. The van der Waals surface area contributed by atoms with Gasteiger partial charge in [0, 0.05) is 23.5 Å². The number of carbonyl (C=O) groups is 1. The van der Waals surface area contributed by atoms with Crippen LogP contribution in [-0.2, 0) is 0 Å². The number of benzene rings is 1. The van der Waals surface area contributed by atoms with Crippen molar-refractivity contribution in [3.63, 3.8) is 0 Å². The molecule has 1 aromatic rings. The molecule has 0 radical (unpaired) electrons. The lowest BCUT2D eigenvalue weighted by Gasteiger charge is -2.28. The van der Waals surface area contributed by atoms with Crippen molar-refractivity contribution in [2.75, 3.05) is 20.2 Å². The van der Waals surface area contributed by atoms with Gasteiger partial charge in [-0.1, -0.05) is 15.9 Å². The molecule has 1 aromatic carbocycles. The van der Waals surface area contributed by atoms with Crippen LogP contribution in [0.4, 0.5) is 0 Å². The van der Waals surface area contributed by atoms with E-state index in [1.165, 1.54) is 0 Å². The molecule has 1 saturated heterocycles. The van der Waals surface area contributed by atoms with Crippen molar-refractivity contribution in [1.82, 2.24) is 5.32 Å². The number of hydrogen-bond acceptors (Lipinski definition) is 3. The molecule has 1 heterocycles. The molecule has 0 atom stereocenters. The summed E-state index contributed by atoms with van der Waals surface area (Å²) in [4.78, 5) is 12.5. The lowest BCUT2D eigenvalue weighted by molar-refractivity contribution is 0.0874. The molecule has 1 fully saturated rings. The minimum Gasteiger partial charge on any atom is -0.496 e. The number of rotatable bonds is 3. The van der Waals surface area contributed by atoms with E-state index in [1.54, 1.807) is 7.11 Å². The summed E-state index contributed by atoms with van der Waals surface area (Å²) >= 11 is 3.58. The molecule has 0 aliphatic carbocycles. The van der Waals surface area contributed by atoms with E-state index in [2.05, 4.69) is 21.2 Å². The Morgan fingerprint density at radius 1 is 1.22 bits per heavy atom. The maximum Gasteiger partial charge on any atom is 0.172 e. The molecular formula is C14H18BrNO2. The van der Waals surface area contributed by atoms with Gasteiger partial charge in [0.25, 0.3) is 0 Å². The summed E-state index contributed by atoms with van der Waals surface area (Å²) in [5.74, 6) is 1.00. The largest absolute Gasteiger partial charge is 0.496 e. The molecule has 0 aromatic heterocycles. The van der Waals surface area contributed by atoms with Crippen LogP contribution in [0.15, 0.2) is 4.47 Å². The summed E-state index contributed by atoms with van der Waals surface area (Å²) in [5.41, 5.74) is 3.88. The number of halogens is 1. The highest BCUT2D eigenvalue weighted by Crippen LogP contribution is 2.37. The predicted octanol–water partition coefficient (Wildman–Crippen LogP) is 2.79. The number of ether oxygens (including phenoxy) is 1. The van der Waals surface area contributed by atoms with Gasteiger partial charge in [-0.25, -0.2) is 0 Å². The quantitative estimate of drug-likeness (QED) is 0.872. The van der Waals surface area contributed by atoms with Crippen molar-refractivity contribution < 1.29 is 9.53 Å². The molecule has 3 nitrogen and oxygen atoms in total. The van der Waals surface area contributed by atoms with Crippen molar-refractivity contribution >= 4 is 21.7 Å². The van der Waals surface area contributed by atoms with Crippen LogP contribution >= 0.6 is 15.9 Å². The Hall–Kier alpha value is -0.870. The SMILES string of the molecule is COc1c(C)c(C)c(Br)c(C)c1C(=O)C1CNC1. The monoisotopic (exact) mass is 311 g/mol. The summed E-state index contributed by atoms with van der Waals surface area (Å²) in [6, 6.07) is 0. The highest BCUT2D eigenvalue weighted by atomic mass is 79.9. The van der Waals surface area contributed by atoms with Gasteiger partial charge in [0.1, 0.15) is 5.75 Å². The molecule has 0 bridgehead atoms. The molecular weight excluding hydrogens is 294 g/mol. The van der Waals surface area contributed by atoms with Crippen LogP contribution in [0.2, 0.25) is 0 Å². The third-order valence-electron chi connectivity index (χ3n) is 3.77. The zero-order chi connectivity index (χ0) is 13.4. The Bertz CT molecular complexity index is 507. The summed E-state index contributed by atoms with van der Waals surface area (Å²) in [6.45, 7) is 7.54. The number of methoxy groups -OCH3 is 1. The van der Waals surface area contributed by atoms with Crippen LogP contribution < -0.4 is 10.1 Å². The molecule has 0 saturated carbocycles. The van der Waals surface area contributed by atoms with E-state index in [-0.39, 0.29) is 11.7 Å². The van der Waals surface area contributed by atoms with Crippen molar-refractivity contribution in [1.29, 1.82) is 0 Å². The molecule has 98 valence electrons. The van der Waals surface area contributed by atoms with Crippen molar-refractivity contribution in [3.8, 4) is 5.75 Å². The number of ketones is 1. The lowest BCUT2D eigenvalue weighted by atomic mass is 9.87. The zero-order valence-corrected chi connectivity index (χ0v) is 12.8. The zero-order valence-electron chi connectivity index (χ0n) is 11.2. The minimum absolute atomic E-state index is 0.0895. The molecule has 1 aliphatic rings. The number of nitrogens with one attached hydrogen (secondary N) is 1. The second-order valence-corrected chi connectivity index (χ2v) is 5.61. The molecule has 18 heavy (non-hydrogen) atoms. The van der Waals surface area contributed by atoms with Crippen LogP contribution in [0, 0.1) is 26.7 Å². The molecule has 1 aliphatic heterocycles. The van der Waals surface area contributed by atoms with Crippen LogP contribution in [-0.4, -0.2) is 26.0 Å². The first-order chi connectivity index (χ1) is 8.49. The number of carbonyl (C=O) groups excluding carboxylic acids is 1. The average molecular weight is 312 g/mol. The highest BCUT2D eigenvalue weighted by molar-refractivity contribution is 9.10. The fourth-order valence-corrected chi connectivity index (χ4v) is 2.81. The first kappa shape index (κ1) is 13.6. The third kappa shape index (κ3) is 1.97. The first-order valence-corrected chi connectivity index (χ1v) is 6.86. The Morgan fingerprint density at radius 2 is 1.83 bits per heavy atom.